The third-order valence-corrected chi connectivity index (χ3v) is 6.74. The average Bonchev–Trinajstić information content (AvgIpc) is 3.41. The lowest BCUT2D eigenvalue weighted by atomic mass is 10.1. The number of amidine groups is 1. The van der Waals surface area contributed by atoms with Gasteiger partial charge in [0.1, 0.15) is 5.25 Å². The van der Waals surface area contributed by atoms with Crippen molar-refractivity contribution in [2.75, 3.05) is 5.32 Å². The van der Waals surface area contributed by atoms with Crippen molar-refractivity contribution in [1.82, 2.24) is 10.3 Å². The summed E-state index contributed by atoms with van der Waals surface area (Å²) < 4.78 is 0. The van der Waals surface area contributed by atoms with E-state index in [1.165, 1.54) is 11.8 Å². The molecule has 3 N–H and O–H groups in total. The Hall–Kier alpha value is -3.88. The van der Waals surface area contributed by atoms with Gasteiger partial charge >= 0.3 is 0 Å². The van der Waals surface area contributed by atoms with Gasteiger partial charge in [0, 0.05) is 33.6 Å². The number of carbonyl (C=O) groups excluding carboxylic acids is 2. The van der Waals surface area contributed by atoms with E-state index in [0.717, 1.165) is 27.7 Å². The minimum Gasteiger partial charge on any atom is -0.354 e. The average molecular weight is 502 g/mol. The summed E-state index contributed by atoms with van der Waals surface area (Å²) in [7, 11) is 0. The molecule has 1 aromatic heterocycles. The second kappa shape index (κ2) is 10.2. The van der Waals surface area contributed by atoms with Crippen LogP contribution >= 0.6 is 23.4 Å². The number of fused-ring (bicyclic) bond motifs is 1. The lowest BCUT2D eigenvalue weighted by Crippen LogP contribution is -2.28. The molecule has 0 radical (unpaired) electrons. The monoisotopic (exact) mass is 501 g/mol. The highest BCUT2D eigenvalue weighted by atomic mass is 35.5. The van der Waals surface area contributed by atoms with E-state index in [-0.39, 0.29) is 18.2 Å². The summed E-state index contributed by atoms with van der Waals surface area (Å²) in [5, 5.41) is 15.3. The number of carbonyl (C=O) groups is 2. The highest BCUT2D eigenvalue weighted by Gasteiger charge is 2.32. The van der Waals surface area contributed by atoms with Gasteiger partial charge in [-0.25, -0.2) is 0 Å². The molecule has 7 nitrogen and oxygen atoms in total. The maximum atomic E-state index is 12.4. The van der Waals surface area contributed by atoms with Crippen molar-refractivity contribution in [1.29, 1.82) is 0 Å². The van der Waals surface area contributed by atoms with Gasteiger partial charge in [0.15, 0.2) is 5.17 Å². The first-order valence-electron chi connectivity index (χ1n) is 10.9. The number of halogens is 1. The molecule has 9 heteroatoms. The summed E-state index contributed by atoms with van der Waals surface area (Å²) in [4.78, 5) is 28.2. The van der Waals surface area contributed by atoms with Crippen molar-refractivity contribution in [3.63, 3.8) is 0 Å². The molecule has 3 aromatic carbocycles. The Morgan fingerprint density at radius 3 is 2.57 bits per heavy atom. The molecular formula is C26H20ClN5O2S. The zero-order valence-corrected chi connectivity index (χ0v) is 19.9. The predicted molar refractivity (Wildman–Crippen MR) is 143 cm³/mol. The summed E-state index contributed by atoms with van der Waals surface area (Å²) in [6, 6.07) is 24.8. The van der Waals surface area contributed by atoms with Gasteiger partial charge in [0.25, 0.3) is 0 Å². The number of H-pyrrole nitrogens is 1. The quantitative estimate of drug-likeness (QED) is 0.242. The summed E-state index contributed by atoms with van der Waals surface area (Å²) in [5.74, 6) is -0.539. The molecule has 1 aliphatic rings. The molecule has 1 aliphatic heterocycles. The van der Waals surface area contributed by atoms with Crippen LogP contribution in [0, 0.1) is 0 Å². The number of nitrogens with zero attached hydrogens (tertiary/aromatic N) is 2. The molecule has 0 bridgehead atoms. The van der Waals surface area contributed by atoms with Crippen LogP contribution in [0.5, 0.6) is 0 Å². The molecule has 1 unspecified atom stereocenters. The third-order valence-electron chi connectivity index (χ3n) is 5.42. The van der Waals surface area contributed by atoms with Gasteiger partial charge in [-0.05, 0) is 35.9 Å². The topological polar surface area (TPSA) is 98.7 Å². The second-order valence-electron chi connectivity index (χ2n) is 7.83. The second-order valence-corrected chi connectivity index (χ2v) is 9.46. The van der Waals surface area contributed by atoms with Crippen LogP contribution in [0.1, 0.15) is 12.0 Å². The Balaban J connectivity index is 1.30. The van der Waals surface area contributed by atoms with Crippen LogP contribution in [0.4, 0.5) is 5.69 Å². The number of anilines is 1. The van der Waals surface area contributed by atoms with E-state index in [9.17, 15) is 9.59 Å². The summed E-state index contributed by atoms with van der Waals surface area (Å²) in [6.07, 6.45) is 1.70. The lowest BCUT2D eigenvalue weighted by Gasteiger charge is -2.07. The number of aromatic nitrogens is 1. The number of rotatable bonds is 6. The molecule has 1 fully saturated rings. The Kier molecular flexibility index (Phi) is 6.65. The van der Waals surface area contributed by atoms with Gasteiger partial charge < -0.3 is 15.6 Å². The molecule has 35 heavy (non-hydrogen) atoms. The Morgan fingerprint density at radius 2 is 1.77 bits per heavy atom. The standard InChI is InChI=1S/C26H20ClN5O2S/c27-17-10-12-18(13-11-17)29-23(33)14-22-25(34)31-26(35-22)32-28-15-20-19-8-4-5-9-21(19)30-24(20)16-6-2-1-3-7-16/h1-13,15,22,30H,14H2,(H,29,33)(H,31,32,34). The van der Waals surface area contributed by atoms with Gasteiger partial charge in [-0.2, -0.15) is 5.10 Å². The zero-order valence-electron chi connectivity index (χ0n) is 18.4. The van der Waals surface area contributed by atoms with Crippen molar-refractivity contribution < 1.29 is 9.59 Å². The number of benzene rings is 3. The Morgan fingerprint density at radius 1 is 1.03 bits per heavy atom. The van der Waals surface area contributed by atoms with Gasteiger partial charge in [0.2, 0.25) is 11.8 Å². The Labute approximate surface area is 210 Å². The number of thioether (sulfide) groups is 1. The van der Waals surface area contributed by atoms with Crippen molar-refractivity contribution in [2.45, 2.75) is 11.7 Å². The molecule has 2 amide bonds. The maximum absolute atomic E-state index is 12.4. The van der Waals surface area contributed by atoms with Crippen LogP contribution in [0.15, 0.2) is 89.1 Å². The van der Waals surface area contributed by atoms with Crippen LogP contribution in [0.2, 0.25) is 5.02 Å². The molecule has 4 aromatic rings. The fourth-order valence-electron chi connectivity index (χ4n) is 3.77. The van der Waals surface area contributed by atoms with Crippen LogP contribution < -0.4 is 10.6 Å². The number of hydrogen-bond acceptors (Lipinski definition) is 5. The molecule has 174 valence electrons. The Bertz CT molecular complexity index is 1450. The smallest absolute Gasteiger partial charge is 0.240 e. The highest BCUT2D eigenvalue weighted by Crippen LogP contribution is 2.29. The predicted octanol–water partition coefficient (Wildman–Crippen LogP) is 5.44. The van der Waals surface area contributed by atoms with Crippen LogP contribution in [-0.4, -0.2) is 33.4 Å². The first kappa shape index (κ1) is 22.9. The minimum absolute atomic E-state index is 0.0163. The maximum Gasteiger partial charge on any atom is 0.240 e. The van der Waals surface area contributed by atoms with E-state index in [4.69, 9.17) is 11.6 Å². The number of nitrogens with one attached hydrogen (secondary N) is 3. The zero-order chi connectivity index (χ0) is 24.2. The van der Waals surface area contributed by atoms with E-state index in [1.807, 2.05) is 54.6 Å². The number of amides is 2. The molecular weight excluding hydrogens is 482 g/mol. The third kappa shape index (κ3) is 5.29. The number of aromatic amines is 1. The van der Waals surface area contributed by atoms with Crippen molar-refractivity contribution in [3.8, 4) is 11.3 Å². The van der Waals surface area contributed by atoms with Crippen LogP contribution in [0.25, 0.3) is 22.2 Å². The summed E-state index contributed by atoms with van der Waals surface area (Å²) >= 11 is 7.06. The molecule has 0 spiro atoms. The van der Waals surface area contributed by atoms with E-state index in [0.29, 0.717) is 15.9 Å². The molecule has 1 saturated heterocycles. The highest BCUT2D eigenvalue weighted by molar-refractivity contribution is 8.15. The summed E-state index contributed by atoms with van der Waals surface area (Å²) in [5.41, 5.74) is 4.50. The van der Waals surface area contributed by atoms with E-state index in [1.54, 1.807) is 30.5 Å². The molecule has 0 saturated carbocycles. The summed E-state index contributed by atoms with van der Waals surface area (Å²) in [6.45, 7) is 0. The first-order chi connectivity index (χ1) is 17.1. The number of hydrogen-bond donors (Lipinski definition) is 3. The SMILES string of the molecule is O=C(CC1SC(=NN=Cc2c(-c3ccccc3)[nH]c3ccccc23)NC1=O)Nc1ccc(Cl)cc1. The normalized spacial score (nSPS) is 16.8. The van der Waals surface area contributed by atoms with Gasteiger partial charge in [-0.1, -0.05) is 71.9 Å². The molecule has 1 atom stereocenters. The fourth-order valence-corrected chi connectivity index (χ4v) is 4.82. The lowest BCUT2D eigenvalue weighted by molar-refractivity contribution is -0.122. The fraction of sp³-hybridized carbons (Fsp3) is 0.0769. The van der Waals surface area contributed by atoms with E-state index >= 15 is 0 Å². The largest absolute Gasteiger partial charge is 0.354 e. The molecule has 5 rings (SSSR count). The van der Waals surface area contributed by atoms with Gasteiger partial charge in [-0.15, -0.1) is 5.10 Å². The first-order valence-corrected chi connectivity index (χ1v) is 12.1. The minimum atomic E-state index is -0.579. The van der Waals surface area contributed by atoms with E-state index < -0.39 is 5.25 Å². The van der Waals surface area contributed by atoms with Gasteiger partial charge in [0.05, 0.1) is 11.9 Å². The van der Waals surface area contributed by atoms with Crippen molar-refractivity contribution in [2.24, 2.45) is 10.2 Å². The molecule has 0 aliphatic carbocycles. The number of para-hydroxylation sites is 1. The van der Waals surface area contributed by atoms with E-state index in [2.05, 4.69) is 25.8 Å². The van der Waals surface area contributed by atoms with Crippen molar-refractivity contribution >= 4 is 63.1 Å². The van der Waals surface area contributed by atoms with Crippen LogP contribution in [-0.2, 0) is 9.59 Å². The van der Waals surface area contributed by atoms with Crippen LogP contribution in [0.3, 0.4) is 0 Å². The van der Waals surface area contributed by atoms with Gasteiger partial charge in [-0.3, -0.25) is 9.59 Å². The van der Waals surface area contributed by atoms with Crippen molar-refractivity contribution in [3.05, 3.63) is 89.4 Å². The molecule has 2 heterocycles.